The highest BCUT2D eigenvalue weighted by Gasteiger charge is 2.55. The van der Waals surface area contributed by atoms with Crippen molar-refractivity contribution in [3.8, 4) is 0 Å². The van der Waals surface area contributed by atoms with Crippen LogP contribution >= 0.6 is 0 Å². The van der Waals surface area contributed by atoms with Gasteiger partial charge in [-0.25, -0.2) is 0 Å². The molecular weight excluding hydrogens is 386 g/mol. The standard InChI is InChI=1S/C23H24F2N4O/c1-15-19(8-11-29-20(14-16-6-7-16)26-27-21(15)29)28-12-9-22(10-13-28)17-4-2-3-5-18(17)23(24,25)30-22/h2-5,8,11,16H,6-7,9-10,12-14H2,1H3. The van der Waals surface area contributed by atoms with E-state index in [1.807, 2.05) is 6.07 Å². The van der Waals surface area contributed by atoms with Crippen molar-refractivity contribution in [3.63, 3.8) is 0 Å². The summed E-state index contributed by atoms with van der Waals surface area (Å²) in [4.78, 5) is 2.26. The highest BCUT2D eigenvalue weighted by atomic mass is 19.3. The van der Waals surface area contributed by atoms with Gasteiger partial charge in [-0.2, -0.15) is 8.78 Å². The number of hydrogen-bond donors (Lipinski definition) is 0. The second-order valence-electron chi connectivity index (χ2n) is 8.93. The largest absolute Gasteiger partial charge is 0.384 e. The van der Waals surface area contributed by atoms with Gasteiger partial charge < -0.3 is 9.64 Å². The summed E-state index contributed by atoms with van der Waals surface area (Å²) in [5, 5.41) is 8.85. The lowest BCUT2D eigenvalue weighted by Crippen LogP contribution is -2.43. The van der Waals surface area contributed by atoms with Crippen LogP contribution in [0.4, 0.5) is 14.5 Å². The third-order valence-electron chi connectivity index (χ3n) is 7.00. The van der Waals surface area contributed by atoms with Gasteiger partial charge in [-0.05, 0) is 56.2 Å². The number of fused-ring (bicyclic) bond motifs is 3. The smallest absolute Gasteiger partial charge is 0.371 e. The number of rotatable bonds is 3. The summed E-state index contributed by atoms with van der Waals surface area (Å²) in [5.41, 5.74) is 2.83. The lowest BCUT2D eigenvalue weighted by Gasteiger charge is -2.40. The Labute approximate surface area is 173 Å². The molecule has 1 saturated carbocycles. The van der Waals surface area contributed by atoms with E-state index in [0.717, 1.165) is 35.1 Å². The molecule has 6 rings (SSSR count). The summed E-state index contributed by atoms with van der Waals surface area (Å²) < 4.78 is 36.4. The Morgan fingerprint density at radius 1 is 1.07 bits per heavy atom. The zero-order valence-corrected chi connectivity index (χ0v) is 16.9. The van der Waals surface area contributed by atoms with E-state index in [4.69, 9.17) is 4.74 Å². The molecule has 2 aliphatic heterocycles. The van der Waals surface area contributed by atoms with Crippen molar-refractivity contribution < 1.29 is 13.5 Å². The van der Waals surface area contributed by atoms with E-state index in [9.17, 15) is 8.78 Å². The van der Waals surface area contributed by atoms with Crippen LogP contribution in [0.2, 0.25) is 0 Å². The van der Waals surface area contributed by atoms with Gasteiger partial charge >= 0.3 is 6.11 Å². The molecule has 3 aromatic rings. The minimum absolute atomic E-state index is 0.0164. The molecule has 2 fully saturated rings. The Morgan fingerprint density at radius 3 is 2.53 bits per heavy atom. The molecule has 0 bridgehead atoms. The van der Waals surface area contributed by atoms with E-state index in [1.165, 1.54) is 18.9 Å². The summed E-state index contributed by atoms with van der Waals surface area (Å²) in [6.45, 7) is 3.38. The van der Waals surface area contributed by atoms with Gasteiger partial charge in [0, 0.05) is 37.0 Å². The maximum atomic E-state index is 14.5. The van der Waals surface area contributed by atoms with E-state index < -0.39 is 11.7 Å². The molecule has 0 N–H and O–H groups in total. The Bertz CT molecular complexity index is 1130. The first-order valence-corrected chi connectivity index (χ1v) is 10.7. The van der Waals surface area contributed by atoms with Gasteiger partial charge in [0.15, 0.2) is 5.65 Å². The van der Waals surface area contributed by atoms with Gasteiger partial charge in [0.25, 0.3) is 0 Å². The number of nitrogens with zero attached hydrogens (tertiary/aromatic N) is 4. The first-order chi connectivity index (χ1) is 14.5. The molecule has 1 spiro atoms. The monoisotopic (exact) mass is 410 g/mol. The second-order valence-corrected chi connectivity index (χ2v) is 8.93. The third-order valence-corrected chi connectivity index (χ3v) is 7.00. The average molecular weight is 410 g/mol. The maximum Gasteiger partial charge on any atom is 0.384 e. The molecule has 30 heavy (non-hydrogen) atoms. The number of aryl methyl sites for hydroxylation is 1. The predicted octanol–water partition coefficient (Wildman–Crippen LogP) is 4.57. The summed E-state index contributed by atoms with van der Waals surface area (Å²) in [6.07, 6.45) is 3.45. The molecule has 0 radical (unpaired) electrons. The van der Waals surface area contributed by atoms with E-state index in [2.05, 4.69) is 38.7 Å². The molecule has 5 nitrogen and oxygen atoms in total. The van der Waals surface area contributed by atoms with Gasteiger partial charge in [0.2, 0.25) is 0 Å². The summed E-state index contributed by atoms with van der Waals surface area (Å²) in [6, 6.07) is 8.86. The van der Waals surface area contributed by atoms with Gasteiger partial charge in [0.1, 0.15) is 11.4 Å². The number of benzene rings is 1. The van der Waals surface area contributed by atoms with Gasteiger partial charge in [-0.3, -0.25) is 4.40 Å². The molecule has 1 saturated heterocycles. The molecule has 1 aromatic carbocycles. The fraction of sp³-hybridized carbons (Fsp3) is 0.478. The molecule has 3 aliphatic rings. The maximum absolute atomic E-state index is 14.5. The summed E-state index contributed by atoms with van der Waals surface area (Å²) in [7, 11) is 0. The quantitative estimate of drug-likeness (QED) is 0.635. The zero-order valence-electron chi connectivity index (χ0n) is 16.9. The Morgan fingerprint density at radius 2 is 1.80 bits per heavy atom. The molecule has 0 atom stereocenters. The van der Waals surface area contributed by atoms with E-state index in [-0.39, 0.29) is 5.56 Å². The number of ether oxygens (including phenoxy) is 1. The average Bonchev–Trinajstić information content (AvgIpc) is 3.42. The van der Waals surface area contributed by atoms with Crippen LogP contribution in [0.5, 0.6) is 0 Å². The summed E-state index contributed by atoms with van der Waals surface area (Å²) >= 11 is 0. The lowest BCUT2D eigenvalue weighted by molar-refractivity contribution is -0.293. The number of anilines is 1. The minimum Gasteiger partial charge on any atom is -0.371 e. The van der Waals surface area contributed by atoms with Crippen molar-refractivity contribution in [3.05, 3.63) is 59.0 Å². The lowest BCUT2D eigenvalue weighted by atomic mass is 9.83. The number of hydrogen-bond acceptors (Lipinski definition) is 4. The number of pyridine rings is 1. The Kier molecular flexibility index (Phi) is 3.79. The molecule has 2 aromatic heterocycles. The predicted molar refractivity (Wildman–Crippen MR) is 109 cm³/mol. The van der Waals surface area contributed by atoms with E-state index in [0.29, 0.717) is 31.5 Å². The molecule has 4 heterocycles. The van der Waals surface area contributed by atoms with Crippen LogP contribution in [0.3, 0.4) is 0 Å². The van der Waals surface area contributed by atoms with Crippen molar-refractivity contribution in [2.45, 2.75) is 50.7 Å². The van der Waals surface area contributed by atoms with Crippen molar-refractivity contribution in [2.75, 3.05) is 18.0 Å². The second kappa shape index (κ2) is 6.23. The fourth-order valence-corrected chi connectivity index (χ4v) is 5.15. The topological polar surface area (TPSA) is 42.7 Å². The molecule has 0 unspecified atom stereocenters. The van der Waals surface area contributed by atoms with Crippen LogP contribution in [0.25, 0.3) is 5.65 Å². The fourth-order valence-electron chi connectivity index (χ4n) is 5.15. The Hall–Kier alpha value is -2.54. The number of alkyl halides is 2. The van der Waals surface area contributed by atoms with Crippen LogP contribution in [-0.4, -0.2) is 27.7 Å². The van der Waals surface area contributed by atoms with Gasteiger partial charge in [-0.1, -0.05) is 18.2 Å². The molecule has 0 amide bonds. The normalized spacial score (nSPS) is 22.0. The SMILES string of the molecule is Cc1c(N2CCC3(CC2)OC(F)(F)c2ccccc23)ccn2c(CC3CC3)nnc12. The molecule has 1 aliphatic carbocycles. The minimum atomic E-state index is -3.22. The van der Waals surface area contributed by atoms with Gasteiger partial charge in [-0.15, -0.1) is 10.2 Å². The highest BCUT2D eigenvalue weighted by molar-refractivity contribution is 5.65. The van der Waals surface area contributed by atoms with Gasteiger partial charge in [0.05, 0.1) is 5.56 Å². The Balaban J connectivity index is 1.27. The van der Waals surface area contributed by atoms with Crippen LogP contribution in [-0.2, 0) is 22.9 Å². The number of halogens is 2. The van der Waals surface area contributed by atoms with Crippen molar-refractivity contribution in [2.24, 2.45) is 5.92 Å². The van der Waals surface area contributed by atoms with Crippen molar-refractivity contribution in [1.82, 2.24) is 14.6 Å². The molecular formula is C23H24F2N4O. The number of piperidine rings is 1. The van der Waals surface area contributed by atoms with Crippen LogP contribution < -0.4 is 4.90 Å². The first kappa shape index (κ1) is 18.2. The summed E-state index contributed by atoms with van der Waals surface area (Å²) in [5.74, 6) is 1.78. The van der Waals surface area contributed by atoms with Crippen LogP contribution in [0.15, 0.2) is 36.5 Å². The van der Waals surface area contributed by atoms with E-state index >= 15 is 0 Å². The highest BCUT2D eigenvalue weighted by Crippen LogP contribution is 2.53. The van der Waals surface area contributed by atoms with E-state index in [1.54, 1.807) is 12.1 Å². The molecule has 7 heteroatoms. The molecule has 156 valence electrons. The van der Waals surface area contributed by atoms with Crippen LogP contribution in [0.1, 0.15) is 48.2 Å². The number of aromatic nitrogens is 3. The third kappa shape index (κ3) is 2.68. The van der Waals surface area contributed by atoms with Crippen LogP contribution in [0, 0.1) is 12.8 Å². The zero-order chi connectivity index (χ0) is 20.5. The van der Waals surface area contributed by atoms with Crippen molar-refractivity contribution in [1.29, 1.82) is 0 Å². The first-order valence-electron chi connectivity index (χ1n) is 10.7. The van der Waals surface area contributed by atoms with Crippen molar-refractivity contribution >= 4 is 11.3 Å².